The highest BCUT2D eigenvalue weighted by Gasteiger charge is 2.15. The van der Waals surface area contributed by atoms with E-state index in [1.165, 1.54) is 32.4 Å². The summed E-state index contributed by atoms with van der Waals surface area (Å²) in [4.78, 5) is 8.05. The minimum Gasteiger partial charge on any atom is -0.383 e. The van der Waals surface area contributed by atoms with Crippen LogP contribution < -0.4 is 11.1 Å². The largest absolute Gasteiger partial charge is 0.383 e. The Balaban J connectivity index is 0.00000225. The summed E-state index contributed by atoms with van der Waals surface area (Å²) in [5.74, 6) is 0.122. The van der Waals surface area contributed by atoms with Gasteiger partial charge in [0.05, 0.1) is 14.8 Å². The molecule has 9 heteroatoms. The Morgan fingerprint density at radius 1 is 1.40 bits per heavy atom. The standard InChI is InChI=1S/C16H23N5S3.ClH/c1-22-15-11(9-13(24-15)14(17)18)12-10-23-16(20-12)19-5-8-21-6-3-2-4-7-21;/h9-10H,2-8H2,1H3,(H3,17,18)(H,19,20);1H. The first kappa shape index (κ1) is 20.5. The first-order valence-corrected chi connectivity index (χ1v) is 11.0. The second-order valence-corrected chi connectivity index (χ2v) is 8.78. The highest BCUT2D eigenvalue weighted by molar-refractivity contribution is 8.00. The number of likely N-dealkylation sites (tertiary alicyclic amines) is 1. The lowest BCUT2D eigenvalue weighted by Crippen LogP contribution is -2.33. The number of rotatable bonds is 7. The molecule has 0 amide bonds. The van der Waals surface area contributed by atoms with Gasteiger partial charge in [-0.1, -0.05) is 6.42 Å². The molecule has 2 aromatic heterocycles. The maximum absolute atomic E-state index is 7.62. The van der Waals surface area contributed by atoms with Gasteiger partial charge in [-0.05, 0) is 38.3 Å². The van der Waals surface area contributed by atoms with Crippen LogP contribution in [0.3, 0.4) is 0 Å². The molecule has 1 saturated heterocycles. The summed E-state index contributed by atoms with van der Waals surface area (Å²) < 4.78 is 1.16. The van der Waals surface area contributed by atoms with Crippen molar-refractivity contribution in [3.63, 3.8) is 0 Å². The van der Waals surface area contributed by atoms with Crippen molar-refractivity contribution in [3.8, 4) is 11.3 Å². The number of thiazole rings is 1. The summed E-state index contributed by atoms with van der Waals surface area (Å²) in [5, 5.41) is 14.1. The van der Waals surface area contributed by atoms with Gasteiger partial charge in [0.15, 0.2) is 5.13 Å². The molecule has 3 rings (SSSR count). The van der Waals surface area contributed by atoms with Crippen LogP contribution in [0.25, 0.3) is 11.3 Å². The third kappa shape index (κ3) is 5.34. The number of nitrogens with one attached hydrogen (secondary N) is 2. The average molecular weight is 418 g/mol. The minimum absolute atomic E-state index is 0. The van der Waals surface area contributed by atoms with Gasteiger partial charge in [-0.25, -0.2) is 4.98 Å². The monoisotopic (exact) mass is 417 g/mol. The predicted molar refractivity (Wildman–Crippen MR) is 114 cm³/mol. The Bertz CT molecular complexity index is 694. The zero-order chi connectivity index (χ0) is 16.9. The molecule has 5 nitrogen and oxygen atoms in total. The van der Waals surface area contributed by atoms with Gasteiger partial charge in [-0.3, -0.25) is 5.41 Å². The van der Waals surface area contributed by atoms with Crippen LogP contribution in [0.15, 0.2) is 15.7 Å². The number of amidine groups is 1. The summed E-state index contributed by atoms with van der Waals surface area (Å²) in [5.41, 5.74) is 7.67. The Hall–Kier alpha value is -0.800. The lowest BCUT2D eigenvalue weighted by Gasteiger charge is -2.26. The number of nitrogens with two attached hydrogens (primary N) is 1. The third-order valence-corrected chi connectivity index (χ3v) is 7.19. The maximum atomic E-state index is 7.62. The number of thioether (sulfide) groups is 1. The Morgan fingerprint density at radius 3 is 2.84 bits per heavy atom. The molecule has 4 N–H and O–H groups in total. The first-order valence-electron chi connectivity index (χ1n) is 8.11. The van der Waals surface area contributed by atoms with Crippen LogP contribution in [-0.2, 0) is 0 Å². The van der Waals surface area contributed by atoms with Crippen molar-refractivity contribution in [2.24, 2.45) is 5.73 Å². The quantitative estimate of drug-likeness (QED) is 0.357. The van der Waals surface area contributed by atoms with E-state index in [0.717, 1.165) is 38.6 Å². The van der Waals surface area contributed by atoms with Crippen LogP contribution in [0.5, 0.6) is 0 Å². The van der Waals surface area contributed by atoms with Crippen LogP contribution in [-0.4, -0.2) is 48.2 Å². The van der Waals surface area contributed by atoms with Gasteiger partial charge in [0.2, 0.25) is 0 Å². The van der Waals surface area contributed by atoms with Crippen molar-refractivity contribution in [3.05, 3.63) is 16.3 Å². The van der Waals surface area contributed by atoms with Gasteiger partial charge in [-0.2, -0.15) is 0 Å². The molecule has 2 aromatic rings. The van der Waals surface area contributed by atoms with E-state index < -0.39 is 0 Å². The topological polar surface area (TPSA) is 78.0 Å². The fraction of sp³-hybridized carbons (Fsp3) is 0.500. The number of piperidine rings is 1. The molecule has 0 radical (unpaired) electrons. The number of aromatic nitrogens is 1. The zero-order valence-corrected chi connectivity index (χ0v) is 17.5. The molecule has 1 fully saturated rings. The maximum Gasteiger partial charge on any atom is 0.183 e. The van der Waals surface area contributed by atoms with E-state index in [2.05, 4.69) is 15.6 Å². The molecule has 138 valence electrons. The van der Waals surface area contributed by atoms with E-state index >= 15 is 0 Å². The number of hydrogen-bond acceptors (Lipinski definition) is 7. The molecule has 0 saturated carbocycles. The highest BCUT2D eigenvalue weighted by Crippen LogP contribution is 2.38. The molecule has 0 atom stereocenters. The van der Waals surface area contributed by atoms with Gasteiger partial charge >= 0.3 is 0 Å². The van der Waals surface area contributed by atoms with Crippen LogP contribution in [0.2, 0.25) is 0 Å². The lowest BCUT2D eigenvalue weighted by atomic mass is 10.1. The normalized spacial score (nSPS) is 14.9. The molecule has 0 unspecified atom stereocenters. The van der Waals surface area contributed by atoms with Crippen molar-refractivity contribution in [2.45, 2.75) is 23.5 Å². The van der Waals surface area contributed by atoms with Crippen molar-refractivity contribution >= 4 is 57.8 Å². The third-order valence-electron chi connectivity index (χ3n) is 4.08. The van der Waals surface area contributed by atoms with Crippen molar-refractivity contribution in [2.75, 3.05) is 37.8 Å². The number of hydrogen-bond donors (Lipinski definition) is 3. The number of thiophene rings is 1. The molecule has 3 heterocycles. The van der Waals surface area contributed by atoms with Gasteiger partial charge < -0.3 is 16.0 Å². The summed E-state index contributed by atoms with van der Waals surface area (Å²) >= 11 is 4.88. The smallest absolute Gasteiger partial charge is 0.183 e. The van der Waals surface area contributed by atoms with E-state index in [1.54, 1.807) is 34.4 Å². The van der Waals surface area contributed by atoms with Crippen LogP contribution >= 0.6 is 46.8 Å². The van der Waals surface area contributed by atoms with E-state index in [9.17, 15) is 0 Å². The highest BCUT2D eigenvalue weighted by atomic mass is 35.5. The molecule has 0 aliphatic carbocycles. The average Bonchev–Trinajstić information content (AvgIpc) is 3.22. The zero-order valence-electron chi connectivity index (χ0n) is 14.2. The molecule has 0 spiro atoms. The molecule has 25 heavy (non-hydrogen) atoms. The van der Waals surface area contributed by atoms with Gasteiger partial charge in [-0.15, -0.1) is 46.8 Å². The van der Waals surface area contributed by atoms with E-state index in [-0.39, 0.29) is 18.2 Å². The molecular weight excluding hydrogens is 394 g/mol. The first-order chi connectivity index (χ1) is 11.7. The van der Waals surface area contributed by atoms with E-state index in [4.69, 9.17) is 16.1 Å². The SMILES string of the molecule is CSc1sc(C(=N)N)cc1-c1csc(NCCN2CCCCC2)n1.Cl. The molecule has 0 bridgehead atoms. The Kier molecular flexibility index (Phi) is 8.02. The summed E-state index contributed by atoms with van der Waals surface area (Å²) in [6, 6.07) is 1.98. The summed E-state index contributed by atoms with van der Waals surface area (Å²) in [6.45, 7) is 4.47. The van der Waals surface area contributed by atoms with Gasteiger partial charge in [0.25, 0.3) is 0 Å². The number of nitrogens with zero attached hydrogens (tertiary/aromatic N) is 2. The van der Waals surface area contributed by atoms with E-state index in [0.29, 0.717) is 0 Å². The number of anilines is 1. The molecular formula is C16H24ClN5S3. The second-order valence-electron chi connectivity index (χ2n) is 5.80. The fourth-order valence-electron chi connectivity index (χ4n) is 2.82. The molecule has 1 aliphatic heterocycles. The predicted octanol–water partition coefficient (Wildman–Crippen LogP) is 4.20. The summed E-state index contributed by atoms with van der Waals surface area (Å²) in [7, 11) is 0. The van der Waals surface area contributed by atoms with Crippen molar-refractivity contribution in [1.82, 2.24) is 9.88 Å². The van der Waals surface area contributed by atoms with Crippen molar-refractivity contribution < 1.29 is 0 Å². The van der Waals surface area contributed by atoms with Crippen molar-refractivity contribution in [1.29, 1.82) is 5.41 Å². The second kappa shape index (κ2) is 9.78. The minimum atomic E-state index is 0. The fourth-order valence-corrected chi connectivity index (χ4v) is 5.31. The number of halogens is 1. The van der Waals surface area contributed by atoms with Gasteiger partial charge in [0.1, 0.15) is 5.84 Å². The lowest BCUT2D eigenvalue weighted by molar-refractivity contribution is 0.237. The Labute approximate surface area is 167 Å². The number of nitrogen functional groups attached to an aromatic ring is 1. The van der Waals surface area contributed by atoms with Crippen LogP contribution in [0.1, 0.15) is 24.1 Å². The van der Waals surface area contributed by atoms with E-state index in [1.807, 2.05) is 12.3 Å². The van der Waals surface area contributed by atoms with Crippen LogP contribution in [0.4, 0.5) is 5.13 Å². The summed E-state index contributed by atoms with van der Waals surface area (Å²) in [6.07, 6.45) is 6.08. The van der Waals surface area contributed by atoms with Crippen LogP contribution in [0, 0.1) is 5.41 Å². The molecule has 1 aliphatic rings. The molecule has 0 aromatic carbocycles. The van der Waals surface area contributed by atoms with Gasteiger partial charge in [0, 0.05) is 24.0 Å². The Morgan fingerprint density at radius 2 is 2.16 bits per heavy atom.